The lowest BCUT2D eigenvalue weighted by Gasteiger charge is -2.02. The molecule has 0 radical (unpaired) electrons. The van der Waals surface area contributed by atoms with Crippen molar-refractivity contribution in [3.05, 3.63) is 18.7 Å². The average Bonchev–Trinajstić information content (AvgIpc) is 2.55. The van der Waals surface area contributed by atoms with Gasteiger partial charge in [-0.15, -0.1) is 0 Å². The molecule has 0 spiro atoms. The summed E-state index contributed by atoms with van der Waals surface area (Å²) >= 11 is 0. The summed E-state index contributed by atoms with van der Waals surface area (Å²) < 4.78 is 1.96. The molecule has 0 aliphatic carbocycles. The van der Waals surface area contributed by atoms with E-state index >= 15 is 0 Å². The smallest absolute Gasteiger partial charge is 0.317 e. The van der Waals surface area contributed by atoms with Gasteiger partial charge < -0.3 is 15.0 Å². The Morgan fingerprint density at radius 2 is 2.46 bits per heavy atom. The summed E-state index contributed by atoms with van der Waals surface area (Å²) in [5.41, 5.74) is 0. The van der Waals surface area contributed by atoms with Crippen molar-refractivity contribution >= 4 is 5.97 Å². The Morgan fingerprint density at radius 3 is 3.08 bits per heavy atom. The van der Waals surface area contributed by atoms with Gasteiger partial charge in [0.15, 0.2) is 0 Å². The molecule has 0 atom stereocenters. The minimum Gasteiger partial charge on any atom is -0.480 e. The molecule has 0 aliphatic heterocycles. The summed E-state index contributed by atoms with van der Waals surface area (Å²) in [4.78, 5) is 14.0. The molecule has 0 saturated heterocycles. The Bertz CT molecular complexity index is 246. The zero-order valence-corrected chi connectivity index (χ0v) is 7.31. The van der Waals surface area contributed by atoms with Crippen LogP contribution in [0.5, 0.6) is 0 Å². The maximum Gasteiger partial charge on any atom is 0.317 e. The van der Waals surface area contributed by atoms with Gasteiger partial charge in [0.05, 0.1) is 12.9 Å². The van der Waals surface area contributed by atoms with E-state index < -0.39 is 5.97 Å². The van der Waals surface area contributed by atoms with E-state index in [1.54, 1.807) is 12.5 Å². The quantitative estimate of drug-likeness (QED) is 0.607. The summed E-state index contributed by atoms with van der Waals surface area (Å²) in [5, 5.41) is 11.1. The third kappa shape index (κ3) is 4.27. The maximum absolute atomic E-state index is 10.1. The minimum absolute atomic E-state index is 0.0317. The van der Waals surface area contributed by atoms with Crippen LogP contribution in [-0.4, -0.2) is 33.7 Å². The number of aromatic nitrogens is 2. The first kappa shape index (κ1) is 9.73. The number of nitrogens with one attached hydrogen (secondary N) is 1. The number of imidazole rings is 1. The van der Waals surface area contributed by atoms with Gasteiger partial charge in [-0.05, 0) is 13.0 Å². The van der Waals surface area contributed by atoms with E-state index in [1.165, 1.54) is 0 Å². The number of hydrogen-bond donors (Lipinski definition) is 2. The van der Waals surface area contributed by atoms with Crippen LogP contribution >= 0.6 is 0 Å². The van der Waals surface area contributed by atoms with Crippen LogP contribution in [-0.2, 0) is 11.3 Å². The first-order valence-electron chi connectivity index (χ1n) is 4.17. The Labute approximate surface area is 76.4 Å². The van der Waals surface area contributed by atoms with Gasteiger partial charge in [0, 0.05) is 18.9 Å². The standard InChI is InChI=1S/C8H13N3O2/c12-8(13)6-9-2-1-4-11-5-3-10-7-11/h3,5,7,9H,1-2,4,6H2,(H,12,13). The van der Waals surface area contributed by atoms with Crippen LogP contribution in [0.1, 0.15) is 6.42 Å². The highest BCUT2D eigenvalue weighted by molar-refractivity contribution is 5.68. The van der Waals surface area contributed by atoms with Crippen molar-refractivity contribution < 1.29 is 9.90 Å². The molecule has 72 valence electrons. The molecular weight excluding hydrogens is 170 g/mol. The first-order chi connectivity index (χ1) is 6.29. The van der Waals surface area contributed by atoms with Gasteiger partial charge in [-0.25, -0.2) is 4.98 Å². The van der Waals surface area contributed by atoms with Crippen molar-refractivity contribution in [3.8, 4) is 0 Å². The fraction of sp³-hybridized carbons (Fsp3) is 0.500. The first-order valence-corrected chi connectivity index (χ1v) is 4.17. The molecule has 0 aromatic carbocycles. The van der Waals surface area contributed by atoms with Crippen molar-refractivity contribution in [2.45, 2.75) is 13.0 Å². The molecule has 2 N–H and O–H groups in total. The predicted molar refractivity (Wildman–Crippen MR) is 47.3 cm³/mol. The largest absolute Gasteiger partial charge is 0.480 e. The maximum atomic E-state index is 10.1. The number of nitrogens with zero attached hydrogens (tertiary/aromatic N) is 2. The van der Waals surface area contributed by atoms with E-state index in [-0.39, 0.29) is 6.54 Å². The minimum atomic E-state index is -0.817. The molecule has 1 aromatic heterocycles. The number of carboxylic acids is 1. The molecule has 1 aromatic rings. The fourth-order valence-corrected chi connectivity index (χ4v) is 1.00. The topological polar surface area (TPSA) is 67.2 Å². The molecule has 5 heteroatoms. The van der Waals surface area contributed by atoms with Crippen LogP contribution in [0.25, 0.3) is 0 Å². The van der Waals surface area contributed by atoms with Crippen molar-refractivity contribution in [1.29, 1.82) is 0 Å². The zero-order chi connectivity index (χ0) is 9.52. The fourth-order valence-electron chi connectivity index (χ4n) is 1.00. The van der Waals surface area contributed by atoms with Gasteiger partial charge in [-0.3, -0.25) is 4.79 Å². The monoisotopic (exact) mass is 183 g/mol. The second-order valence-electron chi connectivity index (χ2n) is 2.72. The van der Waals surface area contributed by atoms with Gasteiger partial charge >= 0.3 is 5.97 Å². The molecule has 0 aliphatic rings. The van der Waals surface area contributed by atoms with Crippen LogP contribution in [0.2, 0.25) is 0 Å². The zero-order valence-electron chi connectivity index (χ0n) is 7.31. The summed E-state index contributed by atoms with van der Waals surface area (Å²) in [7, 11) is 0. The lowest BCUT2D eigenvalue weighted by molar-refractivity contribution is -0.135. The van der Waals surface area contributed by atoms with E-state index in [9.17, 15) is 4.79 Å². The Morgan fingerprint density at radius 1 is 1.62 bits per heavy atom. The molecule has 0 saturated carbocycles. The van der Waals surface area contributed by atoms with Gasteiger partial charge in [0.25, 0.3) is 0 Å². The molecule has 0 unspecified atom stereocenters. The number of aliphatic carboxylic acids is 1. The Hall–Kier alpha value is -1.36. The number of rotatable bonds is 6. The number of hydrogen-bond acceptors (Lipinski definition) is 3. The molecule has 0 amide bonds. The van der Waals surface area contributed by atoms with Crippen molar-refractivity contribution in [2.75, 3.05) is 13.1 Å². The SMILES string of the molecule is O=C(O)CNCCCn1ccnc1. The van der Waals surface area contributed by atoms with Gasteiger partial charge in [-0.2, -0.15) is 0 Å². The average molecular weight is 183 g/mol. The van der Waals surface area contributed by atoms with Crippen LogP contribution in [0.15, 0.2) is 18.7 Å². The van der Waals surface area contributed by atoms with E-state index in [0.717, 1.165) is 13.0 Å². The van der Waals surface area contributed by atoms with Crippen molar-refractivity contribution in [2.24, 2.45) is 0 Å². The third-order valence-corrected chi connectivity index (χ3v) is 1.61. The van der Waals surface area contributed by atoms with E-state index in [1.807, 2.05) is 10.8 Å². The van der Waals surface area contributed by atoms with Crippen molar-refractivity contribution in [3.63, 3.8) is 0 Å². The van der Waals surface area contributed by atoms with Crippen LogP contribution in [0, 0.1) is 0 Å². The highest BCUT2D eigenvalue weighted by Gasteiger charge is 1.94. The number of carbonyl (C=O) groups is 1. The van der Waals surface area contributed by atoms with Crippen molar-refractivity contribution in [1.82, 2.24) is 14.9 Å². The summed E-state index contributed by atoms with van der Waals surface area (Å²) in [6.45, 7) is 1.61. The molecule has 0 fully saturated rings. The van der Waals surface area contributed by atoms with Crippen LogP contribution in [0.4, 0.5) is 0 Å². The van der Waals surface area contributed by atoms with E-state index in [0.29, 0.717) is 6.54 Å². The third-order valence-electron chi connectivity index (χ3n) is 1.61. The molecule has 13 heavy (non-hydrogen) atoms. The lowest BCUT2D eigenvalue weighted by atomic mass is 10.4. The van der Waals surface area contributed by atoms with Gasteiger partial charge in [0.1, 0.15) is 0 Å². The number of aryl methyl sites for hydroxylation is 1. The summed E-state index contributed by atoms with van der Waals surface area (Å²) in [5.74, 6) is -0.817. The van der Waals surface area contributed by atoms with E-state index in [2.05, 4.69) is 10.3 Å². The summed E-state index contributed by atoms with van der Waals surface area (Å²) in [6, 6.07) is 0. The predicted octanol–water partition coefficient (Wildman–Crippen LogP) is -0.0526. The van der Waals surface area contributed by atoms with E-state index in [4.69, 9.17) is 5.11 Å². The molecule has 1 rings (SSSR count). The Kier molecular flexibility index (Phi) is 3.98. The van der Waals surface area contributed by atoms with Gasteiger partial charge in [-0.1, -0.05) is 0 Å². The normalized spacial score (nSPS) is 10.2. The van der Waals surface area contributed by atoms with Crippen LogP contribution in [0.3, 0.4) is 0 Å². The number of carboxylic acid groups (broad SMARTS) is 1. The molecule has 5 nitrogen and oxygen atoms in total. The highest BCUT2D eigenvalue weighted by Crippen LogP contribution is 1.88. The lowest BCUT2D eigenvalue weighted by Crippen LogP contribution is -2.24. The Balaban J connectivity index is 1.99. The molecule has 0 bridgehead atoms. The molecule has 1 heterocycles. The second-order valence-corrected chi connectivity index (χ2v) is 2.72. The summed E-state index contributed by atoms with van der Waals surface area (Å²) in [6.07, 6.45) is 6.27. The van der Waals surface area contributed by atoms with Crippen LogP contribution < -0.4 is 5.32 Å². The highest BCUT2D eigenvalue weighted by atomic mass is 16.4. The van der Waals surface area contributed by atoms with Gasteiger partial charge in [0.2, 0.25) is 0 Å². The second kappa shape index (κ2) is 5.31. The molecular formula is C8H13N3O2.